The lowest BCUT2D eigenvalue weighted by Gasteiger charge is -2.22. The first-order valence-electron chi connectivity index (χ1n) is 8.85. The van der Waals surface area contributed by atoms with Gasteiger partial charge in [0.25, 0.3) is 0 Å². The highest BCUT2D eigenvalue weighted by Crippen LogP contribution is 2.27. The van der Waals surface area contributed by atoms with Crippen LogP contribution in [0.15, 0.2) is 36.8 Å². The SMILES string of the molecule is CCn1ncnc1C(C)NC(=O)N(C)Cc1ccc(OC)c2ncccc12. The molecule has 1 N–H and O–H groups in total. The highest BCUT2D eigenvalue weighted by molar-refractivity contribution is 5.87. The van der Waals surface area contributed by atoms with E-state index >= 15 is 0 Å². The van der Waals surface area contributed by atoms with E-state index in [1.54, 1.807) is 29.9 Å². The van der Waals surface area contributed by atoms with Crippen molar-refractivity contribution >= 4 is 16.9 Å². The zero-order valence-corrected chi connectivity index (χ0v) is 16.0. The van der Waals surface area contributed by atoms with Gasteiger partial charge in [0.1, 0.15) is 23.4 Å². The van der Waals surface area contributed by atoms with E-state index in [2.05, 4.69) is 20.4 Å². The molecule has 0 spiro atoms. The van der Waals surface area contributed by atoms with Crippen LogP contribution in [0.4, 0.5) is 4.79 Å². The van der Waals surface area contributed by atoms with Gasteiger partial charge >= 0.3 is 6.03 Å². The Balaban J connectivity index is 1.74. The molecule has 2 amide bonds. The highest BCUT2D eigenvalue weighted by Gasteiger charge is 2.18. The maximum absolute atomic E-state index is 12.6. The van der Waals surface area contributed by atoms with Crippen molar-refractivity contribution in [3.63, 3.8) is 0 Å². The molecule has 27 heavy (non-hydrogen) atoms. The molecule has 1 aromatic carbocycles. The Kier molecular flexibility index (Phi) is 5.54. The van der Waals surface area contributed by atoms with Gasteiger partial charge in [-0.15, -0.1) is 0 Å². The Morgan fingerprint density at radius 2 is 2.15 bits per heavy atom. The number of rotatable bonds is 6. The number of hydrogen-bond donors (Lipinski definition) is 1. The number of benzene rings is 1. The summed E-state index contributed by atoms with van der Waals surface area (Å²) in [6.07, 6.45) is 3.23. The second kappa shape index (κ2) is 8.03. The number of urea groups is 1. The number of amides is 2. The average molecular weight is 368 g/mol. The number of aromatic nitrogens is 4. The molecule has 1 atom stereocenters. The summed E-state index contributed by atoms with van der Waals surface area (Å²) in [5.41, 5.74) is 1.79. The van der Waals surface area contributed by atoms with Crippen LogP contribution in [0.25, 0.3) is 10.9 Å². The number of carbonyl (C=O) groups excluding carboxylic acids is 1. The molecule has 3 rings (SSSR count). The third kappa shape index (κ3) is 3.84. The predicted octanol–water partition coefficient (Wildman–Crippen LogP) is 2.76. The number of nitrogens with zero attached hydrogens (tertiary/aromatic N) is 5. The molecule has 142 valence electrons. The molecule has 3 aromatic rings. The molecule has 0 bridgehead atoms. The molecule has 2 heterocycles. The fraction of sp³-hybridized carbons (Fsp3) is 0.368. The van der Waals surface area contributed by atoms with E-state index in [0.717, 1.165) is 22.3 Å². The van der Waals surface area contributed by atoms with E-state index in [0.29, 0.717) is 18.8 Å². The van der Waals surface area contributed by atoms with Crippen LogP contribution in [0.5, 0.6) is 5.75 Å². The predicted molar refractivity (Wildman–Crippen MR) is 102 cm³/mol. The standard InChI is InChI=1S/C19H24N6O2/c1-5-25-18(21-12-22-25)13(2)23-19(26)24(3)11-14-8-9-16(27-4)17-15(14)7-6-10-20-17/h6-10,12-13H,5,11H2,1-4H3,(H,23,26). The van der Waals surface area contributed by atoms with Crippen molar-refractivity contribution in [2.75, 3.05) is 14.2 Å². The van der Waals surface area contributed by atoms with E-state index < -0.39 is 0 Å². The summed E-state index contributed by atoms with van der Waals surface area (Å²) >= 11 is 0. The van der Waals surface area contributed by atoms with Gasteiger partial charge in [-0.1, -0.05) is 12.1 Å². The zero-order chi connectivity index (χ0) is 19.4. The molecule has 0 aliphatic carbocycles. The smallest absolute Gasteiger partial charge is 0.318 e. The maximum atomic E-state index is 12.6. The van der Waals surface area contributed by atoms with Crippen LogP contribution in [0.3, 0.4) is 0 Å². The maximum Gasteiger partial charge on any atom is 0.318 e. The Morgan fingerprint density at radius 1 is 1.33 bits per heavy atom. The first-order valence-corrected chi connectivity index (χ1v) is 8.85. The Labute approximate surface area is 158 Å². The fourth-order valence-electron chi connectivity index (χ4n) is 3.05. The van der Waals surface area contributed by atoms with Crippen molar-refractivity contribution < 1.29 is 9.53 Å². The number of ether oxygens (including phenoxy) is 1. The van der Waals surface area contributed by atoms with Crippen LogP contribution < -0.4 is 10.1 Å². The molecule has 0 saturated heterocycles. The summed E-state index contributed by atoms with van der Waals surface area (Å²) in [4.78, 5) is 22.9. The Morgan fingerprint density at radius 3 is 2.89 bits per heavy atom. The molecule has 0 aliphatic rings. The number of aryl methyl sites for hydroxylation is 1. The molecule has 0 fully saturated rings. The summed E-state index contributed by atoms with van der Waals surface area (Å²) in [6.45, 7) is 5.04. The first-order chi connectivity index (χ1) is 13.0. The Bertz CT molecular complexity index is 939. The normalized spacial score (nSPS) is 12.0. The van der Waals surface area contributed by atoms with Crippen molar-refractivity contribution in [2.24, 2.45) is 0 Å². The van der Waals surface area contributed by atoms with Crippen molar-refractivity contribution in [1.29, 1.82) is 0 Å². The van der Waals surface area contributed by atoms with E-state index in [1.165, 1.54) is 6.33 Å². The molecular formula is C19H24N6O2. The number of nitrogens with one attached hydrogen (secondary N) is 1. The van der Waals surface area contributed by atoms with E-state index in [-0.39, 0.29) is 12.1 Å². The topological polar surface area (TPSA) is 85.2 Å². The largest absolute Gasteiger partial charge is 0.494 e. The van der Waals surface area contributed by atoms with Crippen LogP contribution in [-0.2, 0) is 13.1 Å². The number of carbonyl (C=O) groups is 1. The lowest BCUT2D eigenvalue weighted by Crippen LogP contribution is -2.39. The van der Waals surface area contributed by atoms with Gasteiger partial charge in [0.15, 0.2) is 0 Å². The lowest BCUT2D eigenvalue weighted by molar-refractivity contribution is 0.203. The minimum Gasteiger partial charge on any atom is -0.494 e. The quantitative estimate of drug-likeness (QED) is 0.723. The molecule has 0 aliphatic heterocycles. The fourth-order valence-corrected chi connectivity index (χ4v) is 3.05. The van der Waals surface area contributed by atoms with Crippen LogP contribution in [0.1, 0.15) is 31.3 Å². The first kappa shape index (κ1) is 18.6. The van der Waals surface area contributed by atoms with Crippen molar-refractivity contribution in [1.82, 2.24) is 30.0 Å². The van der Waals surface area contributed by atoms with Crippen molar-refractivity contribution in [2.45, 2.75) is 33.0 Å². The number of methoxy groups -OCH3 is 1. The van der Waals surface area contributed by atoms with Gasteiger partial charge in [-0.25, -0.2) is 14.5 Å². The number of hydrogen-bond acceptors (Lipinski definition) is 5. The van der Waals surface area contributed by atoms with E-state index in [1.807, 2.05) is 38.1 Å². The molecule has 8 nitrogen and oxygen atoms in total. The monoisotopic (exact) mass is 368 g/mol. The van der Waals surface area contributed by atoms with Crippen LogP contribution in [0.2, 0.25) is 0 Å². The van der Waals surface area contributed by atoms with Gasteiger partial charge < -0.3 is 15.0 Å². The van der Waals surface area contributed by atoms with E-state index in [4.69, 9.17) is 4.74 Å². The second-order valence-electron chi connectivity index (χ2n) is 6.29. The molecule has 2 aromatic heterocycles. The zero-order valence-electron chi connectivity index (χ0n) is 16.0. The number of fused-ring (bicyclic) bond motifs is 1. The summed E-state index contributed by atoms with van der Waals surface area (Å²) in [5.74, 6) is 1.45. The molecule has 1 unspecified atom stereocenters. The van der Waals surface area contributed by atoms with Gasteiger partial charge in [-0.2, -0.15) is 5.10 Å². The van der Waals surface area contributed by atoms with Gasteiger partial charge in [-0.05, 0) is 31.5 Å². The summed E-state index contributed by atoms with van der Waals surface area (Å²) in [6, 6.07) is 7.29. The third-order valence-corrected chi connectivity index (χ3v) is 4.47. The van der Waals surface area contributed by atoms with Gasteiger partial charge in [0.05, 0.1) is 13.2 Å². The average Bonchev–Trinajstić information content (AvgIpc) is 3.17. The van der Waals surface area contributed by atoms with E-state index in [9.17, 15) is 4.79 Å². The van der Waals surface area contributed by atoms with Gasteiger partial charge in [0.2, 0.25) is 0 Å². The summed E-state index contributed by atoms with van der Waals surface area (Å²) in [7, 11) is 3.39. The molecule has 0 radical (unpaired) electrons. The molecular weight excluding hydrogens is 344 g/mol. The van der Waals surface area contributed by atoms with Crippen LogP contribution in [-0.4, -0.2) is 44.8 Å². The minimum atomic E-state index is -0.239. The van der Waals surface area contributed by atoms with Gasteiger partial charge in [-0.3, -0.25) is 4.98 Å². The lowest BCUT2D eigenvalue weighted by atomic mass is 10.1. The molecule has 8 heteroatoms. The Hall–Kier alpha value is -3.16. The second-order valence-corrected chi connectivity index (χ2v) is 6.29. The van der Waals surface area contributed by atoms with Crippen molar-refractivity contribution in [3.8, 4) is 5.75 Å². The summed E-state index contributed by atoms with van der Waals surface area (Å²) < 4.78 is 7.15. The summed E-state index contributed by atoms with van der Waals surface area (Å²) in [5, 5.41) is 8.09. The highest BCUT2D eigenvalue weighted by atomic mass is 16.5. The van der Waals surface area contributed by atoms with Crippen LogP contribution in [0, 0.1) is 0 Å². The third-order valence-electron chi connectivity index (χ3n) is 4.47. The van der Waals surface area contributed by atoms with Gasteiger partial charge in [0, 0.05) is 31.7 Å². The minimum absolute atomic E-state index is 0.180. The van der Waals surface area contributed by atoms with Crippen molar-refractivity contribution in [3.05, 3.63) is 48.2 Å². The number of pyridine rings is 1. The molecule has 0 saturated carbocycles. The van der Waals surface area contributed by atoms with Crippen LogP contribution >= 0.6 is 0 Å².